The van der Waals surface area contributed by atoms with Crippen molar-refractivity contribution in [1.29, 1.82) is 0 Å². The Morgan fingerprint density at radius 3 is 3.00 bits per heavy atom. The Labute approximate surface area is 101 Å². The van der Waals surface area contributed by atoms with Crippen LogP contribution in [0.25, 0.3) is 0 Å². The van der Waals surface area contributed by atoms with Gasteiger partial charge in [0.15, 0.2) is 0 Å². The minimum absolute atomic E-state index is 0.0656. The van der Waals surface area contributed by atoms with Gasteiger partial charge < -0.3 is 16.2 Å². The number of halogens is 1. The molecule has 4 heteroatoms. The molecule has 1 saturated heterocycles. The van der Waals surface area contributed by atoms with Crippen LogP contribution in [-0.4, -0.2) is 17.7 Å². The van der Waals surface area contributed by atoms with Crippen molar-refractivity contribution in [1.82, 2.24) is 5.32 Å². The first-order chi connectivity index (χ1) is 8.18. The maximum absolute atomic E-state index is 13.3. The number of nitrogens with one attached hydrogen (secondary N) is 1. The van der Waals surface area contributed by atoms with E-state index in [0.717, 1.165) is 13.0 Å². The number of hydrogen-bond acceptors (Lipinski definition) is 3. The zero-order chi connectivity index (χ0) is 12.3. The van der Waals surface area contributed by atoms with Gasteiger partial charge in [-0.25, -0.2) is 4.39 Å². The van der Waals surface area contributed by atoms with Crippen molar-refractivity contribution in [3.8, 4) is 0 Å². The summed E-state index contributed by atoms with van der Waals surface area (Å²) in [5.41, 5.74) is 6.20. The first-order valence-electron chi connectivity index (χ1n) is 6.14. The van der Waals surface area contributed by atoms with Gasteiger partial charge in [0.25, 0.3) is 0 Å². The third-order valence-electron chi connectivity index (χ3n) is 3.37. The predicted molar refractivity (Wildman–Crippen MR) is 66.0 cm³/mol. The highest BCUT2D eigenvalue weighted by atomic mass is 19.1. The molecule has 0 aromatic heterocycles. The molecule has 0 spiro atoms. The SMILES string of the molecule is Nc1c(F)cccc1C(O)CC1CCCCN1. The van der Waals surface area contributed by atoms with Crippen molar-refractivity contribution < 1.29 is 9.50 Å². The molecule has 0 amide bonds. The third kappa shape index (κ3) is 2.96. The molecule has 1 aliphatic rings. The van der Waals surface area contributed by atoms with Crippen molar-refractivity contribution in [2.75, 3.05) is 12.3 Å². The molecule has 1 aliphatic heterocycles. The molecule has 1 aromatic carbocycles. The topological polar surface area (TPSA) is 58.3 Å². The fourth-order valence-corrected chi connectivity index (χ4v) is 2.37. The van der Waals surface area contributed by atoms with Crippen LogP contribution in [0.5, 0.6) is 0 Å². The second kappa shape index (κ2) is 5.47. The van der Waals surface area contributed by atoms with E-state index in [1.807, 2.05) is 0 Å². The minimum Gasteiger partial charge on any atom is -0.396 e. The molecule has 94 valence electrons. The number of rotatable bonds is 3. The van der Waals surface area contributed by atoms with Crippen molar-refractivity contribution in [2.24, 2.45) is 0 Å². The average Bonchev–Trinajstić information content (AvgIpc) is 2.34. The van der Waals surface area contributed by atoms with Crippen LogP contribution in [0.15, 0.2) is 18.2 Å². The summed E-state index contributed by atoms with van der Waals surface area (Å²) in [5, 5.41) is 13.5. The fraction of sp³-hybridized carbons (Fsp3) is 0.538. The van der Waals surface area contributed by atoms with E-state index in [9.17, 15) is 9.50 Å². The molecule has 0 radical (unpaired) electrons. The van der Waals surface area contributed by atoms with Crippen molar-refractivity contribution in [3.05, 3.63) is 29.6 Å². The average molecular weight is 238 g/mol. The lowest BCUT2D eigenvalue weighted by Crippen LogP contribution is -2.35. The standard InChI is InChI=1S/C13H19FN2O/c14-11-6-3-5-10(13(11)15)12(17)8-9-4-1-2-7-16-9/h3,5-6,9,12,16-17H,1-2,4,7-8,15H2. The van der Waals surface area contributed by atoms with Crippen molar-refractivity contribution in [3.63, 3.8) is 0 Å². The van der Waals surface area contributed by atoms with Crippen LogP contribution in [0.2, 0.25) is 0 Å². The van der Waals surface area contributed by atoms with Crippen LogP contribution >= 0.6 is 0 Å². The van der Waals surface area contributed by atoms with Gasteiger partial charge in [0.2, 0.25) is 0 Å². The Bertz CT molecular complexity index is 378. The number of nitrogens with two attached hydrogens (primary N) is 1. The van der Waals surface area contributed by atoms with Crippen LogP contribution in [-0.2, 0) is 0 Å². The lowest BCUT2D eigenvalue weighted by molar-refractivity contribution is 0.145. The van der Waals surface area contributed by atoms with Gasteiger partial charge >= 0.3 is 0 Å². The van der Waals surface area contributed by atoms with Gasteiger partial charge in [-0.05, 0) is 31.9 Å². The van der Waals surface area contributed by atoms with Crippen LogP contribution in [0.4, 0.5) is 10.1 Å². The van der Waals surface area contributed by atoms with E-state index in [4.69, 9.17) is 5.73 Å². The quantitative estimate of drug-likeness (QED) is 0.706. The Balaban J connectivity index is 2.03. The van der Waals surface area contributed by atoms with Gasteiger partial charge in [0, 0.05) is 11.6 Å². The Kier molecular flexibility index (Phi) is 3.97. The maximum atomic E-state index is 13.3. The molecule has 0 bridgehead atoms. The van der Waals surface area contributed by atoms with E-state index in [1.165, 1.54) is 18.9 Å². The zero-order valence-corrected chi connectivity index (χ0v) is 9.82. The van der Waals surface area contributed by atoms with Gasteiger partial charge in [0.1, 0.15) is 5.82 Å². The summed E-state index contributed by atoms with van der Waals surface area (Å²) in [7, 11) is 0. The number of hydrogen-bond donors (Lipinski definition) is 3. The number of aliphatic hydroxyl groups excluding tert-OH is 1. The molecule has 0 saturated carbocycles. The van der Waals surface area contributed by atoms with E-state index < -0.39 is 11.9 Å². The highest BCUT2D eigenvalue weighted by Gasteiger charge is 2.20. The second-order valence-electron chi connectivity index (χ2n) is 4.64. The third-order valence-corrected chi connectivity index (χ3v) is 3.37. The summed E-state index contributed by atoms with van der Waals surface area (Å²) in [6, 6.07) is 4.89. The predicted octanol–water partition coefficient (Wildman–Crippen LogP) is 1.97. The lowest BCUT2D eigenvalue weighted by atomic mass is 9.95. The normalized spacial score (nSPS) is 22.4. The highest BCUT2D eigenvalue weighted by molar-refractivity contribution is 5.49. The monoisotopic (exact) mass is 238 g/mol. The van der Waals surface area contributed by atoms with E-state index in [2.05, 4.69) is 5.32 Å². The first kappa shape index (κ1) is 12.3. The first-order valence-corrected chi connectivity index (χ1v) is 6.14. The number of aliphatic hydroxyl groups is 1. The number of anilines is 1. The summed E-state index contributed by atoms with van der Waals surface area (Å²) in [5.74, 6) is -0.460. The van der Waals surface area contributed by atoms with E-state index in [1.54, 1.807) is 12.1 Å². The van der Waals surface area contributed by atoms with Crippen LogP contribution in [0.3, 0.4) is 0 Å². The van der Waals surface area contributed by atoms with Gasteiger partial charge in [-0.1, -0.05) is 18.6 Å². The molecule has 3 nitrogen and oxygen atoms in total. The molecule has 1 heterocycles. The molecule has 1 fully saturated rings. The summed E-state index contributed by atoms with van der Waals surface area (Å²) in [6.45, 7) is 0.996. The number of benzene rings is 1. The Morgan fingerprint density at radius 2 is 2.29 bits per heavy atom. The largest absolute Gasteiger partial charge is 0.396 e. The summed E-state index contributed by atoms with van der Waals surface area (Å²) >= 11 is 0. The molecule has 1 aromatic rings. The summed E-state index contributed by atoms with van der Waals surface area (Å²) < 4.78 is 13.3. The van der Waals surface area contributed by atoms with Gasteiger partial charge in [-0.15, -0.1) is 0 Å². The molecule has 2 rings (SSSR count). The molecular weight excluding hydrogens is 219 g/mol. The van der Waals surface area contributed by atoms with Gasteiger partial charge in [-0.2, -0.15) is 0 Å². The fourth-order valence-electron chi connectivity index (χ4n) is 2.37. The minimum atomic E-state index is -0.693. The van der Waals surface area contributed by atoms with E-state index in [-0.39, 0.29) is 5.69 Å². The second-order valence-corrected chi connectivity index (χ2v) is 4.64. The lowest BCUT2D eigenvalue weighted by Gasteiger charge is -2.26. The number of nitrogen functional groups attached to an aromatic ring is 1. The van der Waals surface area contributed by atoms with Gasteiger partial charge in [0.05, 0.1) is 11.8 Å². The maximum Gasteiger partial charge on any atom is 0.146 e. The van der Waals surface area contributed by atoms with Crippen LogP contribution in [0, 0.1) is 5.82 Å². The summed E-state index contributed by atoms with van der Waals surface area (Å²) in [4.78, 5) is 0. The number of para-hydroxylation sites is 1. The Hall–Kier alpha value is -1.13. The van der Waals surface area contributed by atoms with Crippen LogP contribution in [0.1, 0.15) is 37.4 Å². The molecule has 0 aliphatic carbocycles. The zero-order valence-electron chi connectivity index (χ0n) is 9.82. The van der Waals surface area contributed by atoms with E-state index >= 15 is 0 Å². The highest BCUT2D eigenvalue weighted by Crippen LogP contribution is 2.27. The molecule has 4 N–H and O–H groups in total. The molecule has 2 atom stereocenters. The smallest absolute Gasteiger partial charge is 0.146 e. The summed E-state index contributed by atoms with van der Waals surface area (Å²) in [6.07, 6.45) is 3.33. The molecule has 2 unspecified atom stereocenters. The number of piperidine rings is 1. The molecule has 17 heavy (non-hydrogen) atoms. The van der Waals surface area contributed by atoms with Crippen LogP contribution < -0.4 is 11.1 Å². The van der Waals surface area contributed by atoms with E-state index in [0.29, 0.717) is 18.0 Å². The van der Waals surface area contributed by atoms with Crippen molar-refractivity contribution >= 4 is 5.69 Å². The Morgan fingerprint density at radius 1 is 1.47 bits per heavy atom. The molecular formula is C13H19FN2O. The van der Waals surface area contributed by atoms with Crippen molar-refractivity contribution in [2.45, 2.75) is 37.8 Å². The van der Waals surface area contributed by atoms with Gasteiger partial charge in [-0.3, -0.25) is 0 Å².